The molecule has 1 heterocycles. The van der Waals surface area contributed by atoms with Crippen molar-refractivity contribution in [1.29, 1.82) is 0 Å². The third kappa shape index (κ3) is 4.04. The number of piperidine rings is 1. The second kappa shape index (κ2) is 6.72. The van der Waals surface area contributed by atoms with Gasteiger partial charge in [0.05, 0.1) is 5.02 Å². The van der Waals surface area contributed by atoms with Crippen LogP contribution in [0, 0.1) is 11.7 Å². The van der Waals surface area contributed by atoms with Gasteiger partial charge in [-0.25, -0.2) is 4.39 Å². The van der Waals surface area contributed by atoms with E-state index >= 15 is 0 Å². The lowest BCUT2D eigenvalue weighted by Gasteiger charge is -2.29. The lowest BCUT2D eigenvalue weighted by atomic mass is 9.96. The molecule has 0 aliphatic carbocycles. The van der Waals surface area contributed by atoms with E-state index in [0.29, 0.717) is 31.5 Å². The quantitative estimate of drug-likeness (QED) is 0.870. The molecule has 0 bridgehead atoms. The van der Waals surface area contributed by atoms with Gasteiger partial charge in [0.15, 0.2) is 0 Å². The molecule has 0 radical (unpaired) electrons. The Morgan fingerprint density at radius 2 is 2.00 bits per heavy atom. The summed E-state index contributed by atoms with van der Waals surface area (Å²) in [6.45, 7) is 1.03. The third-order valence-electron chi connectivity index (χ3n) is 3.57. The minimum Gasteiger partial charge on any atom is -0.369 e. The fraction of sp³-hybridized carbons (Fsp3) is 0.333. The van der Waals surface area contributed by atoms with E-state index in [1.165, 1.54) is 18.2 Å². The number of likely N-dealkylation sites (tertiary alicyclic amines) is 1. The first-order chi connectivity index (χ1) is 9.97. The van der Waals surface area contributed by atoms with Crippen LogP contribution in [0.5, 0.6) is 0 Å². The molecule has 2 rings (SSSR count). The van der Waals surface area contributed by atoms with Crippen LogP contribution in [0.3, 0.4) is 0 Å². The Balaban J connectivity index is 1.94. The maximum absolute atomic E-state index is 13.0. The minimum absolute atomic E-state index is 0.0203. The molecule has 2 amide bonds. The Morgan fingerprint density at radius 1 is 1.33 bits per heavy atom. The molecule has 1 aromatic rings. The summed E-state index contributed by atoms with van der Waals surface area (Å²) < 4.78 is 13.0. The molecular weight excluding hydrogens is 295 g/mol. The minimum atomic E-state index is -0.492. The molecule has 1 aromatic carbocycles. The van der Waals surface area contributed by atoms with Crippen molar-refractivity contribution in [2.75, 3.05) is 13.1 Å². The topological polar surface area (TPSA) is 63.4 Å². The van der Waals surface area contributed by atoms with Crippen LogP contribution in [0.1, 0.15) is 18.4 Å². The monoisotopic (exact) mass is 310 g/mol. The molecule has 2 N–H and O–H groups in total. The molecule has 1 aliphatic heterocycles. The SMILES string of the molecule is NC(=O)C1CCN(C(=O)/C=C\c2ccc(F)c(Cl)c2)CC1. The van der Waals surface area contributed by atoms with E-state index < -0.39 is 5.82 Å². The van der Waals surface area contributed by atoms with Crippen LogP contribution in [0.4, 0.5) is 4.39 Å². The van der Waals surface area contributed by atoms with Gasteiger partial charge < -0.3 is 10.6 Å². The van der Waals surface area contributed by atoms with E-state index in [1.54, 1.807) is 17.0 Å². The van der Waals surface area contributed by atoms with Gasteiger partial charge in [-0.3, -0.25) is 9.59 Å². The molecule has 112 valence electrons. The summed E-state index contributed by atoms with van der Waals surface area (Å²) in [6.07, 6.45) is 4.20. The van der Waals surface area contributed by atoms with E-state index in [0.717, 1.165) is 0 Å². The number of hydrogen-bond donors (Lipinski definition) is 1. The average Bonchev–Trinajstić information content (AvgIpc) is 2.48. The molecule has 0 atom stereocenters. The predicted molar refractivity (Wildman–Crippen MR) is 78.9 cm³/mol. The lowest BCUT2D eigenvalue weighted by Crippen LogP contribution is -2.41. The van der Waals surface area contributed by atoms with E-state index in [4.69, 9.17) is 17.3 Å². The molecule has 1 aliphatic rings. The summed E-state index contributed by atoms with van der Waals surface area (Å²) in [5, 5.41) is 0.0203. The highest BCUT2D eigenvalue weighted by Crippen LogP contribution is 2.18. The maximum Gasteiger partial charge on any atom is 0.246 e. The summed E-state index contributed by atoms with van der Waals surface area (Å²) in [5.41, 5.74) is 5.90. The highest BCUT2D eigenvalue weighted by molar-refractivity contribution is 6.30. The standard InChI is InChI=1S/C15H16ClFN2O2/c16-12-9-10(1-3-13(12)17)2-4-14(20)19-7-5-11(6-8-19)15(18)21/h1-4,9,11H,5-8H2,(H2,18,21)/b4-2-. The van der Waals surface area contributed by atoms with Gasteiger partial charge in [-0.2, -0.15) is 0 Å². The van der Waals surface area contributed by atoms with Crippen molar-refractivity contribution < 1.29 is 14.0 Å². The normalized spacial score (nSPS) is 16.4. The van der Waals surface area contributed by atoms with Crippen molar-refractivity contribution in [3.05, 3.63) is 40.7 Å². The van der Waals surface area contributed by atoms with E-state index in [9.17, 15) is 14.0 Å². The lowest BCUT2D eigenvalue weighted by molar-refractivity contribution is -0.130. The number of amides is 2. The Hall–Kier alpha value is -1.88. The van der Waals surface area contributed by atoms with Gasteiger partial charge >= 0.3 is 0 Å². The van der Waals surface area contributed by atoms with E-state index in [2.05, 4.69) is 0 Å². The highest BCUT2D eigenvalue weighted by Gasteiger charge is 2.24. The Labute approximate surface area is 127 Å². The second-order valence-electron chi connectivity index (χ2n) is 5.01. The van der Waals surface area contributed by atoms with Crippen molar-refractivity contribution in [3.63, 3.8) is 0 Å². The molecule has 1 saturated heterocycles. The van der Waals surface area contributed by atoms with Crippen LogP contribution >= 0.6 is 11.6 Å². The number of benzene rings is 1. The smallest absolute Gasteiger partial charge is 0.246 e. The number of halogens is 2. The van der Waals surface area contributed by atoms with E-state index in [-0.39, 0.29) is 22.8 Å². The van der Waals surface area contributed by atoms with Gasteiger partial charge in [-0.1, -0.05) is 17.7 Å². The second-order valence-corrected chi connectivity index (χ2v) is 5.42. The number of nitrogens with zero attached hydrogens (tertiary/aromatic N) is 1. The van der Waals surface area contributed by atoms with Gasteiger partial charge in [0, 0.05) is 25.1 Å². The van der Waals surface area contributed by atoms with Crippen LogP contribution in [0.2, 0.25) is 5.02 Å². The molecular formula is C15H16ClFN2O2. The fourth-order valence-electron chi connectivity index (χ4n) is 2.27. The van der Waals surface area contributed by atoms with Crippen LogP contribution in [-0.2, 0) is 9.59 Å². The van der Waals surface area contributed by atoms with Gasteiger partial charge in [-0.05, 0) is 36.6 Å². The Kier molecular flexibility index (Phi) is 4.96. The number of carbonyl (C=O) groups excluding carboxylic acids is 2. The number of carbonyl (C=O) groups is 2. The summed E-state index contributed by atoms with van der Waals surface area (Å²) in [5.74, 6) is -1.08. The molecule has 6 heteroatoms. The number of rotatable bonds is 3. The molecule has 21 heavy (non-hydrogen) atoms. The van der Waals surface area contributed by atoms with Crippen molar-refractivity contribution in [1.82, 2.24) is 4.90 Å². The number of primary amides is 1. The maximum atomic E-state index is 13.0. The molecule has 4 nitrogen and oxygen atoms in total. The van der Waals surface area contributed by atoms with Crippen molar-refractivity contribution in [2.45, 2.75) is 12.8 Å². The molecule has 1 fully saturated rings. The van der Waals surface area contributed by atoms with Gasteiger partial charge in [-0.15, -0.1) is 0 Å². The summed E-state index contributed by atoms with van der Waals surface area (Å²) in [4.78, 5) is 24.7. The first-order valence-corrected chi connectivity index (χ1v) is 7.06. The highest BCUT2D eigenvalue weighted by atomic mass is 35.5. The van der Waals surface area contributed by atoms with E-state index in [1.807, 2.05) is 0 Å². The Bertz CT molecular complexity index is 581. The predicted octanol–water partition coefficient (Wildman–Crippen LogP) is 2.22. The first-order valence-electron chi connectivity index (χ1n) is 6.68. The zero-order valence-electron chi connectivity index (χ0n) is 11.4. The number of nitrogens with two attached hydrogens (primary N) is 1. The van der Waals surface area contributed by atoms with Gasteiger partial charge in [0.2, 0.25) is 11.8 Å². The van der Waals surface area contributed by atoms with Crippen molar-refractivity contribution in [2.24, 2.45) is 11.7 Å². The third-order valence-corrected chi connectivity index (χ3v) is 3.86. The number of hydrogen-bond acceptors (Lipinski definition) is 2. The van der Waals surface area contributed by atoms with Crippen LogP contribution < -0.4 is 5.73 Å². The van der Waals surface area contributed by atoms with Gasteiger partial charge in [0.25, 0.3) is 0 Å². The largest absolute Gasteiger partial charge is 0.369 e. The summed E-state index contributed by atoms with van der Waals surface area (Å²) in [6, 6.07) is 4.26. The average molecular weight is 311 g/mol. The zero-order valence-corrected chi connectivity index (χ0v) is 12.1. The van der Waals surface area contributed by atoms with Gasteiger partial charge in [0.1, 0.15) is 5.82 Å². The first kappa shape index (κ1) is 15.5. The van der Waals surface area contributed by atoms with Crippen molar-refractivity contribution in [3.8, 4) is 0 Å². The fourth-order valence-corrected chi connectivity index (χ4v) is 2.46. The molecule has 0 unspecified atom stereocenters. The Morgan fingerprint density at radius 3 is 2.57 bits per heavy atom. The van der Waals surface area contributed by atoms with Crippen LogP contribution in [0.25, 0.3) is 6.08 Å². The molecule has 0 spiro atoms. The molecule has 0 aromatic heterocycles. The van der Waals surface area contributed by atoms with Crippen LogP contribution in [0.15, 0.2) is 24.3 Å². The summed E-state index contributed by atoms with van der Waals surface area (Å²) >= 11 is 5.68. The summed E-state index contributed by atoms with van der Waals surface area (Å²) in [7, 11) is 0. The zero-order chi connectivity index (χ0) is 15.4. The van der Waals surface area contributed by atoms with Crippen molar-refractivity contribution >= 4 is 29.5 Å². The van der Waals surface area contributed by atoms with Crippen LogP contribution in [-0.4, -0.2) is 29.8 Å². The molecule has 0 saturated carbocycles.